The summed E-state index contributed by atoms with van der Waals surface area (Å²) in [5.74, 6) is -4.90. The number of fused-ring (bicyclic) bond motifs is 2. The number of para-hydroxylation sites is 1. The lowest BCUT2D eigenvalue weighted by Gasteiger charge is -2.17. The molecule has 0 bridgehead atoms. The smallest absolute Gasteiger partial charge is 0.349 e. The van der Waals surface area contributed by atoms with E-state index < -0.39 is 29.1 Å². The highest BCUT2D eigenvalue weighted by molar-refractivity contribution is 6.36. The van der Waals surface area contributed by atoms with E-state index >= 15 is 0 Å². The molecule has 3 aromatic carbocycles. The first-order valence-corrected chi connectivity index (χ1v) is 10.4. The number of hydrogen-bond acceptors (Lipinski definition) is 7. The number of nitrogens with zero attached hydrogens (tertiary/aromatic N) is 1. The first-order valence-electron chi connectivity index (χ1n) is 10.4. The van der Waals surface area contributed by atoms with Crippen molar-refractivity contribution in [2.45, 2.75) is 6.92 Å². The van der Waals surface area contributed by atoms with Crippen LogP contribution in [0.25, 0.3) is 5.76 Å². The normalized spacial score (nSPS) is 16.1. The van der Waals surface area contributed by atoms with Crippen LogP contribution in [0.3, 0.4) is 0 Å². The number of esters is 1. The predicted octanol–water partition coefficient (Wildman–Crippen LogP) is 4.79. The highest BCUT2D eigenvalue weighted by atomic mass is 16.5. The Morgan fingerprint density at radius 3 is 1.97 bits per heavy atom. The Morgan fingerprint density at radius 1 is 0.735 bits per heavy atom. The van der Waals surface area contributed by atoms with E-state index in [4.69, 9.17) is 4.74 Å². The standard InChI is InChI=1S/C27H17NO6/c1-14-8-2-7-13-19(14)28-21-15-9-3-4-10-16(15)22(29)20(21)27(33)34-26-24(31)18-12-6-5-11-17(18)23(30)25(26)32/h2-13,29,32H,1H3. The minimum atomic E-state index is -1.12. The summed E-state index contributed by atoms with van der Waals surface area (Å²) in [6.45, 7) is 1.86. The van der Waals surface area contributed by atoms with Crippen LogP contribution in [0.2, 0.25) is 0 Å². The molecule has 34 heavy (non-hydrogen) atoms. The fourth-order valence-electron chi connectivity index (χ4n) is 3.97. The number of aryl methyl sites for hydroxylation is 1. The average Bonchev–Trinajstić information content (AvgIpc) is 3.13. The Hall–Kier alpha value is -4.78. The number of Topliss-reactive ketones (excluding diaryl/α,β-unsaturated/α-hetero) is 2. The third-order valence-electron chi connectivity index (χ3n) is 5.71. The van der Waals surface area contributed by atoms with Crippen molar-refractivity contribution in [1.82, 2.24) is 0 Å². The SMILES string of the molecule is Cc1ccccc1N=C1C(C(=O)OC2=C(O)C(=O)c3ccccc3C2=O)=C(O)c2ccccc21. The van der Waals surface area contributed by atoms with E-state index in [9.17, 15) is 24.6 Å². The number of allylic oxidation sites excluding steroid dienone is 2. The maximum atomic E-state index is 13.3. The number of rotatable bonds is 3. The first kappa shape index (κ1) is 21.1. The molecule has 0 saturated heterocycles. The zero-order valence-corrected chi connectivity index (χ0v) is 17.9. The van der Waals surface area contributed by atoms with Crippen molar-refractivity contribution in [3.63, 3.8) is 0 Å². The van der Waals surface area contributed by atoms with E-state index in [1.165, 1.54) is 12.1 Å². The van der Waals surface area contributed by atoms with Crippen LogP contribution < -0.4 is 0 Å². The largest absolute Gasteiger partial charge is 0.506 e. The van der Waals surface area contributed by atoms with Crippen molar-refractivity contribution in [3.05, 3.63) is 118 Å². The van der Waals surface area contributed by atoms with Gasteiger partial charge in [-0.15, -0.1) is 0 Å². The van der Waals surface area contributed by atoms with E-state index in [1.807, 2.05) is 19.1 Å². The van der Waals surface area contributed by atoms with Gasteiger partial charge in [-0.1, -0.05) is 66.7 Å². The van der Waals surface area contributed by atoms with E-state index in [2.05, 4.69) is 4.99 Å². The van der Waals surface area contributed by atoms with Gasteiger partial charge in [-0.05, 0) is 18.6 Å². The van der Waals surface area contributed by atoms with Gasteiger partial charge in [0.25, 0.3) is 0 Å². The molecule has 7 heteroatoms. The molecule has 2 aliphatic carbocycles. The fourth-order valence-corrected chi connectivity index (χ4v) is 3.97. The number of ether oxygens (including phenoxy) is 1. The molecular weight excluding hydrogens is 434 g/mol. The van der Waals surface area contributed by atoms with Gasteiger partial charge in [-0.25, -0.2) is 9.79 Å². The summed E-state index contributed by atoms with van der Waals surface area (Å²) in [4.78, 5) is 43.3. The van der Waals surface area contributed by atoms with Crippen molar-refractivity contribution >= 4 is 34.7 Å². The van der Waals surface area contributed by atoms with Crippen LogP contribution in [0.5, 0.6) is 0 Å². The number of carbonyl (C=O) groups excluding carboxylic acids is 3. The van der Waals surface area contributed by atoms with Gasteiger partial charge in [0, 0.05) is 22.3 Å². The fraction of sp³-hybridized carbons (Fsp3) is 0.0370. The van der Waals surface area contributed by atoms with Gasteiger partial charge in [0.15, 0.2) is 0 Å². The van der Waals surface area contributed by atoms with Crippen molar-refractivity contribution in [2.24, 2.45) is 4.99 Å². The van der Waals surface area contributed by atoms with Crippen LogP contribution in [0.15, 0.2) is 94.9 Å². The molecule has 166 valence electrons. The number of aliphatic hydroxyl groups excluding tert-OH is 2. The molecule has 0 amide bonds. The summed E-state index contributed by atoms with van der Waals surface area (Å²) in [5.41, 5.74) is 2.20. The lowest BCUT2D eigenvalue weighted by molar-refractivity contribution is -0.134. The van der Waals surface area contributed by atoms with Crippen LogP contribution in [0.4, 0.5) is 5.69 Å². The average molecular weight is 451 g/mol. The van der Waals surface area contributed by atoms with E-state index in [0.717, 1.165) is 5.56 Å². The van der Waals surface area contributed by atoms with Crippen LogP contribution in [0.1, 0.15) is 37.4 Å². The van der Waals surface area contributed by atoms with E-state index in [-0.39, 0.29) is 28.2 Å². The Bertz CT molecular complexity index is 1510. The third-order valence-corrected chi connectivity index (χ3v) is 5.71. The number of ketones is 2. The van der Waals surface area contributed by atoms with Crippen LogP contribution >= 0.6 is 0 Å². The molecule has 2 aliphatic rings. The second kappa shape index (κ2) is 7.97. The molecule has 7 nitrogen and oxygen atoms in total. The number of carbonyl (C=O) groups is 3. The van der Waals surface area contributed by atoms with Crippen LogP contribution in [-0.2, 0) is 9.53 Å². The van der Waals surface area contributed by atoms with Gasteiger partial charge in [0.1, 0.15) is 11.3 Å². The van der Waals surface area contributed by atoms with Crippen molar-refractivity contribution in [1.29, 1.82) is 0 Å². The topological polar surface area (TPSA) is 113 Å². The maximum absolute atomic E-state index is 13.3. The molecule has 3 aromatic rings. The molecule has 2 N–H and O–H groups in total. The highest BCUT2D eigenvalue weighted by Gasteiger charge is 2.39. The van der Waals surface area contributed by atoms with Crippen molar-refractivity contribution < 1.29 is 29.3 Å². The number of hydrogen-bond donors (Lipinski definition) is 2. The maximum Gasteiger partial charge on any atom is 0.349 e. The summed E-state index contributed by atoms with van der Waals surface area (Å²) in [5, 5.41) is 21.2. The minimum absolute atomic E-state index is 0.00908. The van der Waals surface area contributed by atoms with Gasteiger partial charge in [0.2, 0.25) is 23.1 Å². The number of benzene rings is 3. The van der Waals surface area contributed by atoms with E-state index in [0.29, 0.717) is 16.8 Å². The molecule has 5 rings (SSSR count). The second-order valence-corrected chi connectivity index (χ2v) is 7.79. The van der Waals surface area contributed by atoms with Gasteiger partial charge < -0.3 is 14.9 Å². The number of aliphatic hydroxyl groups is 2. The molecule has 0 aromatic heterocycles. The predicted molar refractivity (Wildman–Crippen MR) is 124 cm³/mol. The Morgan fingerprint density at radius 2 is 1.29 bits per heavy atom. The molecule has 0 radical (unpaired) electrons. The zero-order valence-electron chi connectivity index (χ0n) is 17.9. The van der Waals surface area contributed by atoms with Crippen LogP contribution in [0, 0.1) is 6.92 Å². The Balaban J connectivity index is 1.59. The van der Waals surface area contributed by atoms with Gasteiger partial charge in [0.05, 0.1) is 11.4 Å². The lowest BCUT2D eigenvalue weighted by Crippen LogP contribution is -2.26. The molecule has 0 heterocycles. The lowest BCUT2D eigenvalue weighted by atomic mass is 9.92. The molecule has 0 unspecified atom stereocenters. The molecule has 0 fully saturated rings. The summed E-state index contributed by atoms with van der Waals surface area (Å²) >= 11 is 0. The zero-order chi connectivity index (χ0) is 24.0. The van der Waals surface area contributed by atoms with Gasteiger partial charge in [-0.3, -0.25) is 9.59 Å². The summed E-state index contributed by atoms with van der Waals surface area (Å²) in [7, 11) is 0. The first-order chi connectivity index (χ1) is 16.4. The molecule has 0 spiro atoms. The quantitative estimate of drug-likeness (QED) is 0.554. The molecular formula is C27H17NO6. The van der Waals surface area contributed by atoms with Crippen molar-refractivity contribution in [3.8, 4) is 0 Å². The van der Waals surface area contributed by atoms with Crippen molar-refractivity contribution in [2.75, 3.05) is 0 Å². The minimum Gasteiger partial charge on any atom is -0.506 e. The highest BCUT2D eigenvalue weighted by Crippen LogP contribution is 2.35. The van der Waals surface area contributed by atoms with Crippen LogP contribution in [-0.4, -0.2) is 33.5 Å². The Kier molecular flexibility index (Phi) is 4.94. The van der Waals surface area contributed by atoms with Gasteiger partial charge >= 0.3 is 5.97 Å². The summed E-state index contributed by atoms with van der Waals surface area (Å²) < 4.78 is 5.25. The second-order valence-electron chi connectivity index (χ2n) is 7.79. The Labute approximate surface area is 194 Å². The molecule has 0 saturated carbocycles. The van der Waals surface area contributed by atoms with Gasteiger partial charge in [-0.2, -0.15) is 0 Å². The number of aliphatic imine (C=N–C) groups is 1. The molecule has 0 atom stereocenters. The third kappa shape index (κ3) is 3.22. The summed E-state index contributed by atoms with van der Waals surface area (Å²) in [6, 6.07) is 19.9. The summed E-state index contributed by atoms with van der Waals surface area (Å²) in [6.07, 6.45) is 0. The van der Waals surface area contributed by atoms with E-state index in [1.54, 1.807) is 48.5 Å². The molecule has 0 aliphatic heterocycles. The monoisotopic (exact) mass is 451 g/mol.